The Morgan fingerprint density at radius 3 is 2.43 bits per heavy atom. The average Bonchev–Trinajstić information content (AvgIpc) is 3.14. The number of hydrogen-bond donors (Lipinski definition) is 1. The summed E-state index contributed by atoms with van der Waals surface area (Å²) in [5.41, 5.74) is 7.75. The highest BCUT2D eigenvalue weighted by molar-refractivity contribution is 5.99. The van der Waals surface area contributed by atoms with Gasteiger partial charge in [-0.2, -0.15) is 5.10 Å². The van der Waals surface area contributed by atoms with Crippen LogP contribution in [0.5, 0.6) is 11.5 Å². The molecule has 0 fully saturated rings. The van der Waals surface area contributed by atoms with Crippen molar-refractivity contribution in [3.8, 4) is 11.5 Å². The van der Waals surface area contributed by atoms with Gasteiger partial charge in [-0.15, -0.1) is 0 Å². The van der Waals surface area contributed by atoms with Gasteiger partial charge >= 0.3 is 0 Å². The van der Waals surface area contributed by atoms with E-state index in [-0.39, 0.29) is 0 Å². The molecule has 0 amide bonds. The molecule has 3 aromatic carbocycles. The second kappa shape index (κ2) is 9.18. The number of benzene rings is 3. The van der Waals surface area contributed by atoms with E-state index in [0.717, 1.165) is 23.4 Å². The molecule has 0 bridgehead atoms. The summed E-state index contributed by atoms with van der Waals surface area (Å²) < 4.78 is 12.9. The van der Waals surface area contributed by atoms with E-state index in [2.05, 4.69) is 69.8 Å². The molecule has 0 saturated carbocycles. The Morgan fingerprint density at radius 1 is 0.867 bits per heavy atom. The minimum Gasteiger partial charge on any atom is -0.493 e. The molecule has 152 valence electrons. The second-order valence-electron chi connectivity index (χ2n) is 7.00. The number of fused-ring (bicyclic) bond motifs is 1. The molecule has 0 atom stereocenters. The van der Waals surface area contributed by atoms with Crippen LogP contribution in [0.1, 0.15) is 16.7 Å². The fraction of sp³-hybridized carbons (Fsp3) is 0.160. The summed E-state index contributed by atoms with van der Waals surface area (Å²) in [5, 5.41) is 5.63. The first-order chi connectivity index (χ1) is 14.8. The van der Waals surface area contributed by atoms with Crippen molar-refractivity contribution in [1.82, 2.24) is 9.99 Å². The number of nitrogens with zero attached hydrogens (tertiary/aromatic N) is 2. The summed E-state index contributed by atoms with van der Waals surface area (Å²) >= 11 is 0. The van der Waals surface area contributed by atoms with Crippen molar-refractivity contribution < 1.29 is 9.47 Å². The lowest BCUT2D eigenvalue weighted by Gasteiger charge is -2.09. The third kappa shape index (κ3) is 4.30. The predicted octanol–water partition coefficient (Wildman–Crippen LogP) is 4.83. The topological polar surface area (TPSA) is 47.8 Å². The first kappa shape index (κ1) is 19.6. The molecule has 1 aromatic heterocycles. The SMILES string of the molecule is COc1ccc(CN/N=C\c2cn(Cc3ccccc3)c3ccccc23)cc1OC. The molecular weight excluding hydrogens is 374 g/mol. The number of nitrogens with one attached hydrogen (secondary N) is 1. The van der Waals surface area contributed by atoms with Crippen molar-refractivity contribution in [2.24, 2.45) is 5.10 Å². The van der Waals surface area contributed by atoms with E-state index in [1.807, 2.05) is 30.5 Å². The lowest BCUT2D eigenvalue weighted by molar-refractivity contribution is 0.354. The third-order valence-corrected chi connectivity index (χ3v) is 5.04. The van der Waals surface area contributed by atoms with E-state index >= 15 is 0 Å². The third-order valence-electron chi connectivity index (χ3n) is 5.04. The molecule has 0 saturated heterocycles. The first-order valence-corrected chi connectivity index (χ1v) is 9.87. The summed E-state index contributed by atoms with van der Waals surface area (Å²) in [5.74, 6) is 1.43. The maximum atomic E-state index is 5.36. The number of aromatic nitrogens is 1. The van der Waals surface area contributed by atoms with Crippen LogP contribution in [-0.4, -0.2) is 25.0 Å². The molecule has 5 nitrogen and oxygen atoms in total. The summed E-state index contributed by atoms with van der Waals surface area (Å²) in [6.45, 7) is 1.42. The van der Waals surface area contributed by atoms with Crippen molar-refractivity contribution in [3.63, 3.8) is 0 Å². The van der Waals surface area contributed by atoms with E-state index in [1.54, 1.807) is 14.2 Å². The number of methoxy groups -OCH3 is 2. The van der Waals surface area contributed by atoms with Crippen LogP contribution >= 0.6 is 0 Å². The Hall–Kier alpha value is -3.73. The number of hydrazone groups is 1. The molecule has 4 aromatic rings. The molecule has 0 aliphatic carbocycles. The summed E-state index contributed by atoms with van der Waals surface area (Å²) in [6, 6.07) is 24.7. The standard InChI is InChI=1S/C25H25N3O2/c1-29-24-13-12-20(14-25(24)30-2)15-26-27-16-21-18-28(17-19-8-4-3-5-9-19)23-11-7-6-10-22(21)23/h3-14,16,18,26H,15,17H2,1-2H3/b27-16-. The Morgan fingerprint density at radius 2 is 1.63 bits per heavy atom. The van der Waals surface area contributed by atoms with Crippen molar-refractivity contribution in [3.05, 3.63) is 95.7 Å². The lowest BCUT2D eigenvalue weighted by atomic mass is 10.2. The molecule has 0 aliphatic heterocycles. The van der Waals surface area contributed by atoms with Gasteiger partial charge in [-0.1, -0.05) is 54.6 Å². The zero-order chi connectivity index (χ0) is 20.8. The zero-order valence-electron chi connectivity index (χ0n) is 17.2. The van der Waals surface area contributed by atoms with E-state index < -0.39 is 0 Å². The van der Waals surface area contributed by atoms with Gasteiger partial charge in [0.2, 0.25) is 0 Å². The normalized spacial score (nSPS) is 11.1. The van der Waals surface area contributed by atoms with Crippen molar-refractivity contribution in [1.29, 1.82) is 0 Å². The zero-order valence-corrected chi connectivity index (χ0v) is 17.2. The fourth-order valence-electron chi connectivity index (χ4n) is 3.53. The van der Waals surface area contributed by atoms with Gasteiger partial charge in [0.15, 0.2) is 11.5 Å². The molecule has 0 aliphatic rings. The smallest absolute Gasteiger partial charge is 0.161 e. The van der Waals surface area contributed by atoms with Gasteiger partial charge in [0.25, 0.3) is 0 Å². The number of hydrogen-bond acceptors (Lipinski definition) is 4. The molecule has 1 heterocycles. The van der Waals surface area contributed by atoms with Crippen LogP contribution in [-0.2, 0) is 13.1 Å². The van der Waals surface area contributed by atoms with E-state index in [4.69, 9.17) is 9.47 Å². The Kier molecular flexibility index (Phi) is 5.99. The van der Waals surface area contributed by atoms with Gasteiger partial charge in [0.1, 0.15) is 0 Å². The lowest BCUT2D eigenvalue weighted by Crippen LogP contribution is -2.06. The molecule has 0 radical (unpaired) electrons. The van der Waals surface area contributed by atoms with E-state index in [1.165, 1.54) is 16.5 Å². The largest absolute Gasteiger partial charge is 0.493 e. The van der Waals surface area contributed by atoms with Gasteiger partial charge < -0.3 is 19.5 Å². The number of rotatable bonds is 8. The van der Waals surface area contributed by atoms with Crippen molar-refractivity contribution in [2.45, 2.75) is 13.1 Å². The highest BCUT2D eigenvalue weighted by atomic mass is 16.5. The maximum Gasteiger partial charge on any atom is 0.161 e. The summed E-state index contributed by atoms with van der Waals surface area (Å²) in [6.07, 6.45) is 4.03. The number of ether oxygens (including phenoxy) is 2. The fourth-order valence-corrected chi connectivity index (χ4v) is 3.53. The quantitative estimate of drug-likeness (QED) is 0.341. The minimum absolute atomic E-state index is 0.597. The molecule has 1 N–H and O–H groups in total. The highest BCUT2D eigenvalue weighted by Crippen LogP contribution is 2.27. The number of para-hydroxylation sites is 1. The van der Waals surface area contributed by atoms with Crippen LogP contribution in [0.2, 0.25) is 0 Å². The van der Waals surface area contributed by atoms with Crippen molar-refractivity contribution in [2.75, 3.05) is 14.2 Å². The molecule has 30 heavy (non-hydrogen) atoms. The predicted molar refractivity (Wildman–Crippen MR) is 121 cm³/mol. The molecule has 5 heteroatoms. The average molecular weight is 399 g/mol. The first-order valence-electron chi connectivity index (χ1n) is 9.87. The van der Waals surface area contributed by atoms with Crippen molar-refractivity contribution >= 4 is 17.1 Å². The maximum absolute atomic E-state index is 5.36. The molecule has 0 spiro atoms. The molecular formula is C25H25N3O2. The van der Waals surface area contributed by atoms with Gasteiger partial charge in [-0.05, 0) is 29.3 Å². The molecule has 0 unspecified atom stereocenters. The molecule has 4 rings (SSSR count). The van der Waals surface area contributed by atoms with Crippen LogP contribution in [0.4, 0.5) is 0 Å². The van der Waals surface area contributed by atoms with E-state index in [9.17, 15) is 0 Å². The van der Waals surface area contributed by atoms with Gasteiger partial charge in [-0.3, -0.25) is 0 Å². The van der Waals surface area contributed by atoms with Crippen LogP contribution in [0, 0.1) is 0 Å². The second-order valence-corrected chi connectivity index (χ2v) is 7.00. The van der Waals surface area contributed by atoms with Crippen LogP contribution in [0.25, 0.3) is 10.9 Å². The van der Waals surface area contributed by atoms with Gasteiger partial charge in [0, 0.05) is 29.2 Å². The van der Waals surface area contributed by atoms with Crippen LogP contribution in [0.15, 0.2) is 84.1 Å². The van der Waals surface area contributed by atoms with Crippen LogP contribution < -0.4 is 14.9 Å². The highest BCUT2D eigenvalue weighted by Gasteiger charge is 2.07. The Bertz CT molecular complexity index is 1150. The Balaban J connectivity index is 1.49. The van der Waals surface area contributed by atoms with Gasteiger partial charge in [-0.25, -0.2) is 0 Å². The Labute approximate surface area is 176 Å². The monoisotopic (exact) mass is 399 g/mol. The summed E-state index contributed by atoms with van der Waals surface area (Å²) in [7, 11) is 3.27. The summed E-state index contributed by atoms with van der Waals surface area (Å²) in [4.78, 5) is 0. The minimum atomic E-state index is 0.597. The van der Waals surface area contributed by atoms with Gasteiger partial charge in [0.05, 0.1) is 27.0 Å². The van der Waals surface area contributed by atoms with E-state index in [0.29, 0.717) is 12.3 Å². The van der Waals surface area contributed by atoms with Crippen LogP contribution in [0.3, 0.4) is 0 Å².